The van der Waals surface area contributed by atoms with Crippen molar-refractivity contribution in [1.29, 1.82) is 0 Å². The molecular formula is C15H17BN5. The second kappa shape index (κ2) is 5.56. The summed E-state index contributed by atoms with van der Waals surface area (Å²) >= 11 is 0. The van der Waals surface area contributed by atoms with Crippen LogP contribution in [0.5, 0.6) is 0 Å². The van der Waals surface area contributed by atoms with Crippen LogP contribution in [0.3, 0.4) is 0 Å². The number of imidazole rings is 1. The van der Waals surface area contributed by atoms with E-state index in [1.54, 1.807) is 6.33 Å². The third kappa shape index (κ3) is 2.49. The standard InChI is InChI=1S/C15H17BN5/c1-10-20-13-14(17-3)18-9-19-15(13)21(10)8-11-4-6-12(16-2)7-5-11/h4-7,9H,8H2,1-3H3,(H,17,18,19). The number of nitrogens with one attached hydrogen (secondary N) is 1. The van der Waals surface area contributed by atoms with E-state index in [2.05, 4.69) is 56.4 Å². The Morgan fingerprint density at radius 2 is 1.95 bits per heavy atom. The first-order chi connectivity index (χ1) is 10.2. The molecule has 1 aromatic carbocycles. The van der Waals surface area contributed by atoms with Gasteiger partial charge >= 0.3 is 0 Å². The van der Waals surface area contributed by atoms with Crippen molar-refractivity contribution in [1.82, 2.24) is 19.5 Å². The lowest BCUT2D eigenvalue weighted by Crippen LogP contribution is -2.10. The number of aryl methyl sites for hydroxylation is 1. The smallest absolute Gasteiger partial charge is 0.165 e. The SMILES string of the molecule is C[B]c1ccc(Cn2c(C)nc3c(NC)ncnc32)cc1. The molecule has 0 atom stereocenters. The Balaban J connectivity index is 2.01. The summed E-state index contributed by atoms with van der Waals surface area (Å²) in [5.74, 6) is 1.70. The maximum Gasteiger partial charge on any atom is 0.165 e. The molecule has 5 nitrogen and oxygen atoms in total. The monoisotopic (exact) mass is 278 g/mol. The summed E-state index contributed by atoms with van der Waals surface area (Å²) in [5.41, 5.74) is 4.13. The second-order valence-electron chi connectivity index (χ2n) is 4.92. The van der Waals surface area contributed by atoms with Gasteiger partial charge in [-0.15, -0.1) is 0 Å². The Kier molecular flexibility index (Phi) is 3.60. The summed E-state index contributed by atoms with van der Waals surface area (Å²) in [6.07, 6.45) is 1.57. The predicted octanol–water partition coefficient (Wildman–Crippen LogP) is 1.60. The van der Waals surface area contributed by atoms with Crippen LogP contribution in [-0.2, 0) is 6.54 Å². The summed E-state index contributed by atoms with van der Waals surface area (Å²) < 4.78 is 2.11. The molecule has 0 aliphatic carbocycles. The Morgan fingerprint density at radius 1 is 1.19 bits per heavy atom. The van der Waals surface area contributed by atoms with Gasteiger partial charge in [-0.2, -0.15) is 0 Å². The molecule has 0 unspecified atom stereocenters. The van der Waals surface area contributed by atoms with Gasteiger partial charge < -0.3 is 9.88 Å². The number of nitrogens with zero attached hydrogens (tertiary/aromatic N) is 4. The van der Waals surface area contributed by atoms with Crippen molar-refractivity contribution in [3.05, 3.63) is 42.0 Å². The van der Waals surface area contributed by atoms with E-state index >= 15 is 0 Å². The van der Waals surface area contributed by atoms with Crippen LogP contribution >= 0.6 is 0 Å². The molecule has 0 aliphatic rings. The van der Waals surface area contributed by atoms with Crippen LogP contribution in [0, 0.1) is 6.92 Å². The fraction of sp³-hybridized carbons (Fsp3) is 0.267. The highest BCUT2D eigenvalue weighted by molar-refractivity contribution is 6.51. The zero-order valence-corrected chi connectivity index (χ0v) is 12.5. The molecule has 2 heterocycles. The fourth-order valence-electron chi connectivity index (χ4n) is 2.42. The van der Waals surface area contributed by atoms with Gasteiger partial charge in [-0.3, -0.25) is 0 Å². The van der Waals surface area contributed by atoms with Crippen molar-refractivity contribution in [3.8, 4) is 0 Å². The van der Waals surface area contributed by atoms with Gasteiger partial charge in [0, 0.05) is 7.05 Å². The number of benzene rings is 1. The van der Waals surface area contributed by atoms with Crippen LogP contribution in [0.15, 0.2) is 30.6 Å². The van der Waals surface area contributed by atoms with E-state index in [1.807, 2.05) is 20.8 Å². The van der Waals surface area contributed by atoms with E-state index < -0.39 is 0 Å². The number of rotatable bonds is 4. The molecule has 0 fully saturated rings. The first-order valence-electron chi connectivity index (χ1n) is 6.97. The molecule has 6 heteroatoms. The molecule has 2 aromatic heterocycles. The molecule has 1 N–H and O–H groups in total. The number of hydrogen-bond acceptors (Lipinski definition) is 4. The summed E-state index contributed by atoms with van der Waals surface area (Å²) in [6, 6.07) is 8.52. The van der Waals surface area contributed by atoms with E-state index in [4.69, 9.17) is 0 Å². The molecular weight excluding hydrogens is 261 g/mol. The van der Waals surface area contributed by atoms with E-state index in [0.717, 1.165) is 29.4 Å². The van der Waals surface area contributed by atoms with Crippen molar-refractivity contribution >= 4 is 29.7 Å². The number of fused-ring (bicyclic) bond motifs is 1. The zero-order chi connectivity index (χ0) is 14.8. The summed E-state index contributed by atoms with van der Waals surface area (Å²) in [6.45, 7) is 4.79. The molecule has 0 saturated carbocycles. The maximum absolute atomic E-state index is 4.58. The largest absolute Gasteiger partial charge is 0.371 e. The Hall–Kier alpha value is -2.37. The summed E-state index contributed by atoms with van der Waals surface area (Å²) in [4.78, 5) is 13.2. The van der Waals surface area contributed by atoms with Crippen LogP contribution in [0.25, 0.3) is 11.2 Å². The first kappa shape index (κ1) is 13.6. The molecule has 3 aromatic rings. The van der Waals surface area contributed by atoms with Gasteiger partial charge in [0.15, 0.2) is 17.0 Å². The molecule has 21 heavy (non-hydrogen) atoms. The molecule has 0 spiro atoms. The van der Waals surface area contributed by atoms with Gasteiger partial charge in [0.25, 0.3) is 0 Å². The van der Waals surface area contributed by atoms with E-state index in [0.29, 0.717) is 0 Å². The van der Waals surface area contributed by atoms with E-state index in [-0.39, 0.29) is 0 Å². The average Bonchev–Trinajstić information content (AvgIpc) is 2.84. The van der Waals surface area contributed by atoms with Crippen LogP contribution < -0.4 is 10.8 Å². The van der Waals surface area contributed by atoms with Crippen LogP contribution in [-0.4, -0.2) is 33.8 Å². The number of aromatic nitrogens is 4. The minimum Gasteiger partial charge on any atom is -0.371 e. The zero-order valence-electron chi connectivity index (χ0n) is 12.5. The highest BCUT2D eigenvalue weighted by Crippen LogP contribution is 2.20. The van der Waals surface area contributed by atoms with Gasteiger partial charge in [-0.1, -0.05) is 36.6 Å². The topological polar surface area (TPSA) is 55.6 Å². The van der Waals surface area contributed by atoms with Gasteiger partial charge in [0.2, 0.25) is 0 Å². The van der Waals surface area contributed by atoms with Crippen LogP contribution in [0.2, 0.25) is 6.82 Å². The summed E-state index contributed by atoms with van der Waals surface area (Å²) in [7, 11) is 3.93. The van der Waals surface area contributed by atoms with Crippen LogP contribution in [0.4, 0.5) is 5.82 Å². The average molecular weight is 278 g/mol. The van der Waals surface area contributed by atoms with Gasteiger partial charge in [-0.25, -0.2) is 15.0 Å². The Morgan fingerprint density at radius 3 is 2.62 bits per heavy atom. The summed E-state index contributed by atoms with van der Waals surface area (Å²) in [5, 5.41) is 3.06. The highest BCUT2D eigenvalue weighted by Gasteiger charge is 2.12. The van der Waals surface area contributed by atoms with Gasteiger partial charge in [0.05, 0.1) is 6.54 Å². The molecule has 0 bridgehead atoms. The Labute approximate surface area is 124 Å². The maximum atomic E-state index is 4.58. The van der Waals surface area contributed by atoms with E-state index in [1.165, 1.54) is 11.0 Å². The van der Waals surface area contributed by atoms with E-state index in [9.17, 15) is 0 Å². The molecule has 0 saturated heterocycles. The second-order valence-corrected chi connectivity index (χ2v) is 4.92. The van der Waals surface area contributed by atoms with Crippen molar-refractivity contribution in [3.63, 3.8) is 0 Å². The molecule has 3 rings (SSSR count). The predicted molar refractivity (Wildman–Crippen MR) is 86.4 cm³/mol. The van der Waals surface area contributed by atoms with Crippen molar-refractivity contribution < 1.29 is 0 Å². The highest BCUT2D eigenvalue weighted by atomic mass is 15.2. The van der Waals surface area contributed by atoms with Gasteiger partial charge in [-0.05, 0) is 12.5 Å². The first-order valence-corrected chi connectivity index (χ1v) is 6.97. The minimum atomic E-state index is 0.756. The quantitative estimate of drug-likeness (QED) is 0.736. The van der Waals surface area contributed by atoms with Crippen molar-refractivity contribution in [2.45, 2.75) is 20.3 Å². The normalized spacial score (nSPS) is 10.8. The third-order valence-corrected chi connectivity index (χ3v) is 3.61. The fourth-order valence-corrected chi connectivity index (χ4v) is 2.42. The minimum absolute atomic E-state index is 0.756. The lowest BCUT2D eigenvalue weighted by atomic mass is 9.73. The third-order valence-electron chi connectivity index (χ3n) is 3.61. The molecule has 1 radical (unpaired) electrons. The number of hydrogen-bond donors (Lipinski definition) is 1. The number of anilines is 1. The lowest BCUT2D eigenvalue weighted by Gasteiger charge is -2.07. The molecule has 0 aliphatic heterocycles. The Bertz CT molecular complexity index is 764. The molecule has 105 valence electrons. The van der Waals surface area contributed by atoms with Crippen LogP contribution in [0.1, 0.15) is 11.4 Å². The molecule has 0 amide bonds. The van der Waals surface area contributed by atoms with Crippen molar-refractivity contribution in [2.75, 3.05) is 12.4 Å². The van der Waals surface area contributed by atoms with Gasteiger partial charge in [0.1, 0.15) is 19.4 Å². The van der Waals surface area contributed by atoms with Crippen molar-refractivity contribution in [2.24, 2.45) is 0 Å². The lowest BCUT2D eigenvalue weighted by molar-refractivity contribution is 0.777.